The molecule has 0 heterocycles. The largest absolute Gasteiger partial charge is 0.456 e. The van der Waals surface area contributed by atoms with Crippen LogP contribution in [0, 0.1) is 6.92 Å². The van der Waals surface area contributed by atoms with E-state index < -0.39 is 0 Å². The number of para-hydroxylation sites is 1. The number of ether oxygens (including phenoxy) is 1. The summed E-state index contributed by atoms with van der Waals surface area (Å²) >= 11 is 3.48. The van der Waals surface area contributed by atoms with Gasteiger partial charge in [0.2, 0.25) is 0 Å². The number of nitrogens with two attached hydrogens (primary N) is 1. The normalized spacial score (nSPS) is 12.2. The zero-order chi connectivity index (χ0) is 13.8. The zero-order valence-electron chi connectivity index (χ0n) is 11.2. The van der Waals surface area contributed by atoms with Crippen molar-refractivity contribution in [3.05, 3.63) is 58.1 Å². The quantitative estimate of drug-likeness (QED) is 0.904. The Morgan fingerprint density at radius 3 is 2.58 bits per heavy atom. The van der Waals surface area contributed by atoms with Gasteiger partial charge in [0.1, 0.15) is 11.5 Å². The smallest absolute Gasteiger partial charge is 0.141 e. The van der Waals surface area contributed by atoms with Crippen molar-refractivity contribution in [2.45, 2.75) is 26.3 Å². The Bertz CT molecular complexity index is 566. The summed E-state index contributed by atoms with van der Waals surface area (Å²) in [6, 6.07) is 14.1. The summed E-state index contributed by atoms with van der Waals surface area (Å²) in [6.45, 7) is 4.11. The molecule has 2 aromatic carbocycles. The van der Waals surface area contributed by atoms with Gasteiger partial charge in [0.25, 0.3) is 0 Å². The van der Waals surface area contributed by atoms with Gasteiger partial charge in [0.05, 0.1) is 4.47 Å². The lowest BCUT2D eigenvalue weighted by Gasteiger charge is -2.12. The van der Waals surface area contributed by atoms with Crippen molar-refractivity contribution >= 4 is 15.9 Å². The minimum Gasteiger partial charge on any atom is -0.456 e. The van der Waals surface area contributed by atoms with Crippen molar-refractivity contribution < 1.29 is 4.74 Å². The standard InChI is InChI=1S/C16H18BrNO/c1-11-9-14(8-7-13(11)10-12(2)18)19-16-6-4-3-5-15(16)17/h3-9,12H,10,18H2,1-2H3. The van der Waals surface area contributed by atoms with Crippen molar-refractivity contribution in [2.75, 3.05) is 0 Å². The molecule has 0 amide bonds. The van der Waals surface area contributed by atoms with E-state index in [1.165, 1.54) is 11.1 Å². The molecule has 0 aliphatic carbocycles. The van der Waals surface area contributed by atoms with E-state index in [0.29, 0.717) is 0 Å². The SMILES string of the molecule is Cc1cc(Oc2ccccc2Br)ccc1CC(C)N. The summed E-state index contributed by atoms with van der Waals surface area (Å²) in [5.41, 5.74) is 8.32. The fraction of sp³-hybridized carbons (Fsp3) is 0.250. The second kappa shape index (κ2) is 6.22. The molecule has 0 fully saturated rings. The molecule has 0 spiro atoms. The molecule has 0 saturated carbocycles. The Morgan fingerprint density at radius 2 is 1.95 bits per heavy atom. The van der Waals surface area contributed by atoms with Crippen molar-refractivity contribution in [1.29, 1.82) is 0 Å². The molecule has 0 aliphatic heterocycles. The van der Waals surface area contributed by atoms with E-state index in [1.807, 2.05) is 37.3 Å². The average molecular weight is 320 g/mol. The van der Waals surface area contributed by atoms with Crippen molar-refractivity contribution in [2.24, 2.45) is 5.73 Å². The maximum atomic E-state index is 5.87. The lowest BCUT2D eigenvalue weighted by Crippen LogP contribution is -2.18. The van der Waals surface area contributed by atoms with E-state index in [0.717, 1.165) is 22.4 Å². The summed E-state index contributed by atoms with van der Waals surface area (Å²) in [6.07, 6.45) is 0.890. The van der Waals surface area contributed by atoms with Crippen LogP contribution in [0.1, 0.15) is 18.1 Å². The Kier molecular flexibility index (Phi) is 4.61. The van der Waals surface area contributed by atoms with E-state index in [1.54, 1.807) is 0 Å². The fourth-order valence-electron chi connectivity index (χ4n) is 1.96. The highest BCUT2D eigenvalue weighted by atomic mass is 79.9. The van der Waals surface area contributed by atoms with Crippen LogP contribution in [-0.2, 0) is 6.42 Å². The first-order valence-electron chi connectivity index (χ1n) is 6.34. The molecule has 2 nitrogen and oxygen atoms in total. The molecular weight excluding hydrogens is 302 g/mol. The molecule has 0 bridgehead atoms. The maximum absolute atomic E-state index is 5.87. The number of benzene rings is 2. The predicted octanol–water partition coefficient (Wildman–Crippen LogP) is 4.44. The lowest BCUT2D eigenvalue weighted by molar-refractivity contribution is 0.479. The third-order valence-electron chi connectivity index (χ3n) is 2.92. The van der Waals surface area contributed by atoms with Crippen LogP contribution in [0.5, 0.6) is 11.5 Å². The maximum Gasteiger partial charge on any atom is 0.141 e. The van der Waals surface area contributed by atoms with Gasteiger partial charge in [-0.05, 0) is 71.6 Å². The molecule has 0 saturated heterocycles. The second-order valence-corrected chi connectivity index (χ2v) is 5.66. The highest BCUT2D eigenvalue weighted by Crippen LogP contribution is 2.30. The monoisotopic (exact) mass is 319 g/mol. The molecule has 19 heavy (non-hydrogen) atoms. The van der Waals surface area contributed by atoms with Gasteiger partial charge in [-0.3, -0.25) is 0 Å². The van der Waals surface area contributed by atoms with Crippen LogP contribution in [-0.4, -0.2) is 6.04 Å². The molecule has 1 atom stereocenters. The van der Waals surface area contributed by atoms with Crippen LogP contribution >= 0.6 is 15.9 Å². The number of hydrogen-bond donors (Lipinski definition) is 1. The zero-order valence-corrected chi connectivity index (χ0v) is 12.8. The van der Waals surface area contributed by atoms with Gasteiger partial charge in [-0.15, -0.1) is 0 Å². The summed E-state index contributed by atoms with van der Waals surface area (Å²) in [5, 5.41) is 0. The molecule has 100 valence electrons. The Balaban J connectivity index is 2.19. The Labute approximate surface area is 122 Å². The topological polar surface area (TPSA) is 35.2 Å². The average Bonchev–Trinajstić information content (AvgIpc) is 2.35. The molecular formula is C16H18BrNO. The fourth-order valence-corrected chi connectivity index (χ4v) is 2.33. The van der Waals surface area contributed by atoms with Crippen molar-refractivity contribution in [1.82, 2.24) is 0 Å². The predicted molar refractivity (Wildman–Crippen MR) is 82.7 cm³/mol. The lowest BCUT2D eigenvalue weighted by atomic mass is 10.0. The van der Waals surface area contributed by atoms with Crippen molar-refractivity contribution in [3.8, 4) is 11.5 Å². The van der Waals surface area contributed by atoms with E-state index in [9.17, 15) is 0 Å². The van der Waals surface area contributed by atoms with Gasteiger partial charge in [-0.25, -0.2) is 0 Å². The Morgan fingerprint density at radius 1 is 1.21 bits per heavy atom. The second-order valence-electron chi connectivity index (χ2n) is 4.80. The van der Waals surface area contributed by atoms with Gasteiger partial charge in [-0.2, -0.15) is 0 Å². The van der Waals surface area contributed by atoms with Crippen molar-refractivity contribution in [3.63, 3.8) is 0 Å². The van der Waals surface area contributed by atoms with Gasteiger partial charge in [-0.1, -0.05) is 18.2 Å². The third kappa shape index (κ3) is 3.82. The summed E-state index contributed by atoms with van der Waals surface area (Å²) in [5.74, 6) is 1.67. The van der Waals surface area contributed by atoms with E-state index in [4.69, 9.17) is 10.5 Å². The van der Waals surface area contributed by atoms with Gasteiger partial charge in [0.15, 0.2) is 0 Å². The van der Waals surface area contributed by atoms with Gasteiger partial charge < -0.3 is 10.5 Å². The minimum atomic E-state index is 0.175. The summed E-state index contributed by atoms with van der Waals surface area (Å²) < 4.78 is 6.82. The van der Waals surface area contributed by atoms with Crippen LogP contribution in [0.4, 0.5) is 0 Å². The number of hydrogen-bond acceptors (Lipinski definition) is 2. The first-order chi connectivity index (χ1) is 9.06. The first-order valence-corrected chi connectivity index (χ1v) is 7.13. The third-order valence-corrected chi connectivity index (χ3v) is 3.58. The Hall–Kier alpha value is -1.32. The molecule has 2 rings (SSSR count). The van der Waals surface area contributed by atoms with Crippen LogP contribution in [0.3, 0.4) is 0 Å². The molecule has 2 aromatic rings. The molecule has 0 aromatic heterocycles. The molecule has 1 unspecified atom stereocenters. The van der Waals surface area contributed by atoms with Crippen LogP contribution in [0.2, 0.25) is 0 Å². The van der Waals surface area contributed by atoms with E-state index in [2.05, 4.69) is 35.0 Å². The van der Waals surface area contributed by atoms with E-state index in [-0.39, 0.29) is 6.04 Å². The molecule has 0 aliphatic rings. The highest BCUT2D eigenvalue weighted by Gasteiger charge is 2.06. The van der Waals surface area contributed by atoms with E-state index >= 15 is 0 Å². The van der Waals surface area contributed by atoms with Crippen LogP contribution in [0.25, 0.3) is 0 Å². The molecule has 2 N–H and O–H groups in total. The van der Waals surface area contributed by atoms with Crippen LogP contribution < -0.4 is 10.5 Å². The minimum absolute atomic E-state index is 0.175. The number of rotatable bonds is 4. The summed E-state index contributed by atoms with van der Waals surface area (Å²) in [7, 11) is 0. The van der Waals surface area contributed by atoms with Gasteiger partial charge in [0, 0.05) is 6.04 Å². The number of halogens is 1. The summed E-state index contributed by atoms with van der Waals surface area (Å²) in [4.78, 5) is 0. The molecule has 3 heteroatoms. The number of aryl methyl sites for hydroxylation is 1. The highest BCUT2D eigenvalue weighted by molar-refractivity contribution is 9.10. The first kappa shape index (κ1) is 14.1. The molecule has 0 radical (unpaired) electrons. The van der Waals surface area contributed by atoms with Gasteiger partial charge >= 0.3 is 0 Å². The van der Waals surface area contributed by atoms with Crippen LogP contribution in [0.15, 0.2) is 46.9 Å².